The first-order valence-electron chi connectivity index (χ1n) is 5.98. The average molecular weight is 327 g/mol. The summed E-state index contributed by atoms with van der Waals surface area (Å²) in [5.41, 5.74) is -0.902. The van der Waals surface area contributed by atoms with Crippen molar-refractivity contribution in [2.75, 3.05) is 7.11 Å². The molecule has 0 aliphatic rings. The molecular formula is C14H7F4N2OS. The van der Waals surface area contributed by atoms with Gasteiger partial charge in [0.05, 0.1) is 7.11 Å². The molecule has 22 heavy (non-hydrogen) atoms. The van der Waals surface area contributed by atoms with E-state index in [1.54, 1.807) is 6.07 Å². The Morgan fingerprint density at radius 1 is 1.23 bits per heavy atom. The third-order valence-electron chi connectivity index (χ3n) is 2.91. The summed E-state index contributed by atoms with van der Waals surface area (Å²) in [7, 11) is 1.31. The molecule has 1 aromatic carbocycles. The predicted molar refractivity (Wildman–Crippen MR) is 73.2 cm³/mol. The molecule has 0 fully saturated rings. The lowest BCUT2D eigenvalue weighted by atomic mass is 10.2. The van der Waals surface area contributed by atoms with Crippen molar-refractivity contribution in [1.82, 2.24) is 9.97 Å². The predicted octanol–water partition coefficient (Wildman–Crippen LogP) is 4.32. The minimum atomic E-state index is -4.52. The highest BCUT2D eigenvalue weighted by molar-refractivity contribution is 7.13. The number of methoxy groups -OCH3 is 1. The first kappa shape index (κ1) is 14.7. The summed E-state index contributed by atoms with van der Waals surface area (Å²) in [5.74, 6) is -0.689. The Hall–Kier alpha value is -2.22. The van der Waals surface area contributed by atoms with Crippen LogP contribution in [-0.2, 0) is 6.18 Å². The molecule has 3 rings (SSSR count). The zero-order valence-corrected chi connectivity index (χ0v) is 11.8. The van der Waals surface area contributed by atoms with Crippen LogP contribution >= 0.6 is 11.3 Å². The monoisotopic (exact) mass is 327 g/mol. The van der Waals surface area contributed by atoms with Gasteiger partial charge in [0, 0.05) is 10.8 Å². The Labute approximate surface area is 126 Å². The molecule has 0 aliphatic heterocycles. The van der Waals surface area contributed by atoms with Gasteiger partial charge in [0.15, 0.2) is 17.3 Å². The van der Waals surface area contributed by atoms with E-state index in [1.165, 1.54) is 19.2 Å². The molecule has 0 amide bonds. The zero-order valence-electron chi connectivity index (χ0n) is 11.0. The molecule has 1 radical (unpaired) electrons. The molecule has 0 N–H and O–H groups in total. The van der Waals surface area contributed by atoms with Crippen LogP contribution in [0.3, 0.4) is 0 Å². The second-order valence-corrected chi connectivity index (χ2v) is 5.16. The summed E-state index contributed by atoms with van der Waals surface area (Å²) in [6.45, 7) is 0. The molecule has 0 atom stereocenters. The minimum Gasteiger partial charge on any atom is -0.494 e. The largest absolute Gasteiger partial charge is 0.494 e. The fourth-order valence-corrected chi connectivity index (χ4v) is 2.65. The average Bonchev–Trinajstić information content (AvgIpc) is 2.97. The van der Waals surface area contributed by atoms with E-state index in [-0.39, 0.29) is 22.0 Å². The summed E-state index contributed by atoms with van der Waals surface area (Å²) in [6, 6.07) is 7.17. The number of pyridine rings is 1. The van der Waals surface area contributed by atoms with Gasteiger partial charge >= 0.3 is 6.18 Å². The van der Waals surface area contributed by atoms with Crippen molar-refractivity contribution in [3.05, 3.63) is 41.2 Å². The topological polar surface area (TPSA) is 35.0 Å². The van der Waals surface area contributed by atoms with E-state index in [1.807, 2.05) is 0 Å². The number of halogens is 4. The van der Waals surface area contributed by atoms with Crippen molar-refractivity contribution in [1.29, 1.82) is 0 Å². The van der Waals surface area contributed by atoms with E-state index in [9.17, 15) is 17.6 Å². The smallest absolute Gasteiger partial charge is 0.434 e. The lowest BCUT2D eigenvalue weighted by Gasteiger charge is -2.05. The quantitative estimate of drug-likeness (QED) is 0.657. The maximum absolute atomic E-state index is 14.2. The zero-order chi connectivity index (χ0) is 15.9. The number of aromatic nitrogens is 2. The van der Waals surface area contributed by atoms with Crippen LogP contribution in [0.1, 0.15) is 5.69 Å². The van der Waals surface area contributed by atoms with Gasteiger partial charge in [0.1, 0.15) is 16.2 Å². The second kappa shape index (κ2) is 5.20. The molecule has 0 unspecified atom stereocenters. The van der Waals surface area contributed by atoms with E-state index in [0.717, 1.165) is 16.7 Å². The van der Waals surface area contributed by atoms with Crippen LogP contribution in [0.15, 0.2) is 23.6 Å². The molecule has 0 aliphatic carbocycles. The molecule has 2 heterocycles. The first-order valence-corrected chi connectivity index (χ1v) is 6.86. The number of fused-ring (bicyclic) bond motifs is 1. The van der Waals surface area contributed by atoms with Crippen LogP contribution < -0.4 is 4.74 Å². The number of benzene rings is 1. The maximum atomic E-state index is 14.2. The molecule has 8 heteroatoms. The Balaban J connectivity index is 2.12. The van der Waals surface area contributed by atoms with Crippen molar-refractivity contribution < 1.29 is 22.3 Å². The SMILES string of the molecule is COc1ccc2[c]cc(-c3nc(C(F)(F)F)cs3)nc2c1F. The molecule has 0 saturated carbocycles. The number of rotatable bonds is 2. The van der Waals surface area contributed by atoms with Crippen LogP contribution in [0.2, 0.25) is 0 Å². The molecular weight excluding hydrogens is 320 g/mol. The van der Waals surface area contributed by atoms with Gasteiger partial charge < -0.3 is 4.74 Å². The van der Waals surface area contributed by atoms with Crippen LogP contribution in [0.5, 0.6) is 5.75 Å². The molecule has 0 saturated heterocycles. The minimum absolute atomic E-state index is 0.000620. The fourth-order valence-electron chi connectivity index (χ4n) is 1.86. The second-order valence-electron chi connectivity index (χ2n) is 4.30. The van der Waals surface area contributed by atoms with Gasteiger partial charge in [-0.25, -0.2) is 14.4 Å². The Morgan fingerprint density at radius 3 is 2.64 bits per heavy atom. The lowest BCUT2D eigenvalue weighted by Crippen LogP contribution is -2.04. The van der Waals surface area contributed by atoms with Gasteiger partial charge in [-0.2, -0.15) is 13.2 Å². The highest BCUT2D eigenvalue weighted by atomic mass is 32.1. The van der Waals surface area contributed by atoms with Gasteiger partial charge in [0.25, 0.3) is 0 Å². The maximum Gasteiger partial charge on any atom is 0.434 e. The van der Waals surface area contributed by atoms with Crippen LogP contribution in [0.4, 0.5) is 17.6 Å². The third-order valence-corrected chi connectivity index (χ3v) is 3.78. The van der Waals surface area contributed by atoms with E-state index in [4.69, 9.17) is 4.74 Å². The number of hydrogen-bond acceptors (Lipinski definition) is 4. The Morgan fingerprint density at radius 2 is 2.00 bits per heavy atom. The number of thiazole rings is 1. The number of nitrogens with zero attached hydrogens (tertiary/aromatic N) is 2. The molecule has 2 aromatic heterocycles. The van der Waals surface area contributed by atoms with Crippen molar-refractivity contribution >= 4 is 22.2 Å². The third kappa shape index (κ3) is 2.50. The first-order chi connectivity index (χ1) is 10.4. The van der Waals surface area contributed by atoms with Crippen LogP contribution in [-0.4, -0.2) is 17.1 Å². The summed E-state index contributed by atoms with van der Waals surface area (Å²) < 4.78 is 56.7. The molecule has 3 nitrogen and oxygen atoms in total. The standard InChI is InChI=1S/C14H7F4N2OS/c1-21-9-5-3-7-2-4-8(19-12(7)11(9)15)13-20-10(6-22-13)14(16,17)18/h3-6H,1H3. The highest BCUT2D eigenvalue weighted by Gasteiger charge is 2.34. The van der Waals surface area contributed by atoms with E-state index >= 15 is 0 Å². The lowest BCUT2D eigenvalue weighted by molar-refractivity contribution is -0.140. The van der Waals surface area contributed by atoms with Gasteiger partial charge in [0.2, 0.25) is 0 Å². The van der Waals surface area contributed by atoms with Gasteiger partial charge in [-0.05, 0) is 24.3 Å². The van der Waals surface area contributed by atoms with Crippen molar-refractivity contribution in [3.63, 3.8) is 0 Å². The van der Waals surface area contributed by atoms with E-state index < -0.39 is 17.7 Å². The van der Waals surface area contributed by atoms with E-state index in [0.29, 0.717) is 5.39 Å². The molecule has 3 aromatic rings. The van der Waals surface area contributed by atoms with Crippen molar-refractivity contribution in [3.8, 4) is 16.5 Å². The highest BCUT2D eigenvalue weighted by Crippen LogP contribution is 2.34. The summed E-state index contributed by atoms with van der Waals surface area (Å²) in [4.78, 5) is 7.53. The molecule has 0 spiro atoms. The fraction of sp³-hybridized carbons (Fsp3) is 0.143. The van der Waals surface area contributed by atoms with Gasteiger partial charge in [-0.15, -0.1) is 11.3 Å². The van der Waals surface area contributed by atoms with Gasteiger partial charge in [-0.1, -0.05) is 0 Å². The summed E-state index contributed by atoms with van der Waals surface area (Å²) in [5, 5.41) is 1.34. The molecule has 113 valence electrons. The Bertz CT molecular complexity index is 844. The number of ether oxygens (including phenoxy) is 1. The Kier molecular flexibility index (Phi) is 3.48. The van der Waals surface area contributed by atoms with Gasteiger partial charge in [-0.3, -0.25) is 0 Å². The molecule has 0 bridgehead atoms. The van der Waals surface area contributed by atoms with E-state index in [2.05, 4.69) is 16.0 Å². The number of alkyl halides is 3. The summed E-state index contributed by atoms with van der Waals surface area (Å²) in [6.07, 6.45) is -4.52. The van der Waals surface area contributed by atoms with Crippen LogP contribution in [0.25, 0.3) is 21.6 Å². The van der Waals surface area contributed by atoms with Crippen molar-refractivity contribution in [2.45, 2.75) is 6.18 Å². The van der Waals surface area contributed by atoms with Crippen molar-refractivity contribution in [2.24, 2.45) is 0 Å². The summed E-state index contributed by atoms with van der Waals surface area (Å²) >= 11 is 0.787. The van der Waals surface area contributed by atoms with Crippen LogP contribution in [0, 0.1) is 11.9 Å². The number of hydrogen-bond donors (Lipinski definition) is 0. The normalized spacial score (nSPS) is 11.9.